The van der Waals surface area contributed by atoms with Gasteiger partial charge in [-0.2, -0.15) is 0 Å². The number of pyridine rings is 1. The summed E-state index contributed by atoms with van der Waals surface area (Å²) in [6.45, 7) is 0. The first kappa shape index (κ1) is 20.4. The molecule has 0 radical (unpaired) electrons. The molecule has 8 nitrogen and oxygen atoms in total. The van der Waals surface area contributed by atoms with Gasteiger partial charge in [0.15, 0.2) is 11.0 Å². The first-order valence-corrected chi connectivity index (χ1v) is 10.4. The van der Waals surface area contributed by atoms with E-state index >= 15 is 0 Å². The van der Waals surface area contributed by atoms with Gasteiger partial charge in [0.1, 0.15) is 17.2 Å². The zero-order valence-corrected chi connectivity index (χ0v) is 17.4. The van der Waals surface area contributed by atoms with Gasteiger partial charge in [-0.25, -0.2) is 0 Å². The molecule has 2 N–H and O–H groups in total. The minimum Gasteiger partial charge on any atom is -0.508 e. The van der Waals surface area contributed by atoms with Gasteiger partial charge >= 0.3 is 0 Å². The van der Waals surface area contributed by atoms with Crippen molar-refractivity contribution in [3.8, 4) is 28.7 Å². The van der Waals surface area contributed by atoms with Gasteiger partial charge in [-0.1, -0.05) is 23.9 Å². The number of rotatable bonds is 7. The lowest BCUT2D eigenvalue weighted by Gasteiger charge is -2.11. The van der Waals surface area contributed by atoms with Crippen LogP contribution < -0.4 is 10.1 Å². The maximum atomic E-state index is 12.4. The molecule has 0 aliphatic carbocycles. The summed E-state index contributed by atoms with van der Waals surface area (Å²) in [5, 5.41) is 21.3. The number of hydrogen-bond acceptors (Lipinski definition) is 7. The van der Waals surface area contributed by atoms with E-state index < -0.39 is 0 Å². The number of aromatic hydroxyl groups is 1. The first-order valence-electron chi connectivity index (χ1n) is 9.37. The van der Waals surface area contributed by atoms with E-state index in [0.717, 1.165) is 5.69 Å². The molecule has 9 heteroatoms. The summed E-state index contributed by atoms with van der Waals surface area (Å²) in [6, 6.07) is 19.4. The van der Waals surface area contributed by atoms with Crippen LogP contribution in [0.15, 0.2) is 78.1 Å². The molecule has 156 valence electrons. The molecule has 4 aromatic rings. The van der Waals surface area contributed by atoms with E-state index in [1.165, 1.54) is 23.9 Å². The number of phenols is 1. The van der Waals surface area contributed by atoms with Crippen molar-refractivity contribution >= 4 is 23.4 Å². The van der Waals surface area contributed by atoms with Crippen LogP contribution in [0.2, 0.25) is 0 Å². The molecule has 2 heterocycles. The van der Waals surface area contributed by atoms with Crippen LogP contribution >= 0.6 is 11.8 Å². The number of nitrogens with zero attached hydrogens (tertiary/aromatic N) is 4. The summed E-state index contributed by atoms with van der Waals surface area (Å²) in [5.41, 5.74) is 2.07. The Hall–Kier alpha value is -3.85. The smallest absolute Gasteiger partial charge is 0.234 e. The molecule has 0 aliphatic heterocycles. The molecule has 31 heavy (non-hydrogen) atoms. The molecule has 4 rings (SSSR count). The van der Waals surface area contributed by atoms with Gasteiger partial charge in [-0.3, -0.25) is 14.3 Å². The number of amides is 1. The number of carbonyl (C=O) groups is 1. The van der Waals surface area contributed by atoms with E-state index in [9.17, 15) is 9.90 Å². The van der Waals surface area contributed by atoms with Gasteiger partial charge in [0.25, 0.3) is 0 Å². The standard InChI is InChI=1S/C22H19N5O3S/c1-30-18-6-4-5-16(13-18)27-21(19-7-2-3-12-23-19)25-26-22(27)31-14-20(29)24-15-8-10-17(28)11-9-15/h2-13,28H,14H2,1H3,(H,24,29). The summed E-state index contributed by atoms with van der Waals surface area (Å²) < 4.78 is 7.20. The molecule has 0 spiro atoms. The van der Waals surface area contributed by atoms with Crippen molar-refractivity contribution in [1.82, 2.24) is 19.7 Å². The van der Waals surface area contributed by atoms with Crippen molar-refractivity contribution in [3.63, 3.8) is 0 Å². The molecule has 0 atom stereocenters. The van der Waals surface area contributed by atoms with Crippen LogP contribution in [0.1, 0.15) is 0 Å². The number of aromatic nitrogens is 4. The number of anilines is 1. The topological polar surface area (TPSA) is 102 Å². The summed E-state index contributed by atoms with van der Waals surface area (Å²) in [7, 11) is 1.61. The lowest BCUT2D eigenvalue weighted by atomic mass is 10.2. The predicted molar refractivity (Wildman–Crippen MR) is 119 cm³/mol. The highest BCUT2D eigenvalue weighted by molar-refractivity contribution is 7.99. The minimum absolute atomic E-state index is 0.130. The third kappa shape index (κ3) is 4.84. The fourth-order valence-electron chi connectivity index (χ4n) is 2.88. The van der Waals surface area contributed by atoms with Gasteiger partial charge in [0, 0.05) is 18.0 Å². The molecule has 0 fully saturated rings. The lowest BCUT2D eigenvalue weighted by molar-refractivity contribution is -0.113. The van der Waals surface area contributed by atoms with Crippen LogP contribution in [0, 0.1) is 0 Å². The highest BCUT2D eigenvalue weighted by atomic mass is 32.2. The molecule has 0 saturated carbocycles. The second-order valence-corrected chi connectivity index (χ2v) is 7.38. The van der Waals surface area contributed by atoms with Crippen molar-refractivity contribution < 1.29 is 14.6 Å². The molecule has 0 unspecified atom stereocenters. The second kappa shape index (κ2) is 9.31. The number of nitrogens with one attached hydrogen (secondary N) is 1. The molecule has 0 bridgehead atoms. The Bertz CT molecular complexity index is 1180. The predicted octanol–water partition coefficient (Wildman–Crippen LogP) is 3.77. The Balaban J connectivity index is 1.60. The lowest BCUT2D eigenvalue weighted by Crippen LogP contribution is -2.14. The average Bonchev–Trinajstić information content (AvgIpc) is 3.24. The number of hydrogen-bond donors (Lipinski definition) is 2. The average molecular weight is 433 g/mol. The fourth-order valence-corrected chi connectivity index (χ4v) is 3.63. The van der Waals surface area contributed by atoms with Crippen LogP contribution in [0.3, 0.4) is 0 Å². The second-order valence-electron chi connectivity index (χ2n) is 6.44. The monoisotopic (exact) mass is 433 g/mol. The van der Waals surface area contributed by atoms with Crippen LogP contribution in [0.4, 0.5) is 5.69 Å². The van der Waals surface area contributed by atoms with Gasteiger partial charge in [0.05, 0.1) is 18.6 Å². The molecular weight excluding hydrogens is 414 g/mol. The van der Waals surface area contributed by atoms with E-state index in [1.807, 2.05) is 47.0 Å². The van der Waals surface area contributed by atoms with Crippen LogP contribution in [-0.4, -0.2) is 43.6 Å². The highest BCUT2D eigenvalue weighted by Crippen LogP contribution is 2.28. The van der Waals surface area contributed by atoms with Crippen molar-refractivity contribution in [2.45, 2.75) is 5.16 Å². The fraction of sp³-hybridized carbons (Fsp3) is 0.0909. The zero-order valence-electron chi connectivity index (χ0n) is 16.6. The van der Waals surface area contributed by atoms with Crippen molar-refractivity contribution in [3.05, 3.63) is 72.9 Å². The van der Waals surface area contributed by atoms with Gasteiger partial charge in [0.2, 0.25) is 5.91 Å². The maximum Gasteiger partial charge on any atom is 0.234 e. The van der Waals surface area contributed by atoms with Crippen LogP contribution in [-0.2, 0) is 4.79 Å². The quantitative estimate of drug-likeness (QED) is 0.338. The summed E-state index contributed by atoms with van der Waals surface area (Å²) in [6.07, 6.45) is 1.69. The number of phenolic OH excluding ortho intramolecular Hbond substituents is 1. The van der Waals surface area contributed by atoms with E-state index in [-0.39, 0.29) is 17.4 Å². The minimum atomic E-state index is -0.199. The highest BCUT2D eigenvalue weighted by Gasteiger charge is 2.18. The molecule has 2 aromatic carbocycles. The molecule has 0 aliphatic rings. The zero-order chi connectivity index (χ0) is 21.6. The summed E-state index contributed by atoms with van der Waals surface area (Å²) in [5.74, 6) is 1.33. The number of ether oxygens (including phenoxy) is 1. The van der Waals surface area contributed by atoms with Crippen molar-refractivity contribution in [2.75, 3.05) is 18.2 Å². The Morgan fingerprint density at radius 1 is 1.10 bits per heavy atom. The van der Waals surface area contributed by atoms with Crippen LogP contribution in [0.5, 0.6) is 11.5 Å². The Kier molecular flexibility index (Phi) is 6.13. The number of benzene rings is 2. The Morgan fingerprint density at radius 2 is 1.94 bits per heavy atom. The van der Waals surface area contributed by atoms with Crippen molar-refractivity contribution in [1.29, 1.82) is 0 Å². The number of carbonyl (C=O) groups excluding carboxylic acids is 1. The van der Waals surface area contributed by atoms with Crippen LogP contribution in [0.25, 0.3) is 17.2 Å². The summed E-state index contributed by atoms with van der Waals surface area (Å²) >= 11 is 1.26. The van der Waals surface area contributed by atoms with E-state index in [4.69, 9.17) is 4.74 Å². The molecular formula is C22H19N5O3S. The number of thioether (sulfide) groups is 1. The third-order valence-corrected chi connectivity index (χ3v) is 5.25. The maximum absolute atomic E-state index is 12.4. The van der Waals surface area contributed by atoms with Crippen molar-refractivity contribution in [2.24, 2.45) is 0 Å². The molecule has 2 aromatic heterocycles. The Morgan fingerprint density at radius 3 is 2.68 bits per heavy atom. The first-order chi connectivity index (χ1) is 15.1. The molecule has 0 saturated heterocycles. The number of methoxy groups -OCH3 is 1. The SMILES string of the molecule is COc1cccc(-n2c(SCC(=O)Nc3ccc(O)cc3)nnc2-c2ccccn2)c1. The van der Waals surface area contributed by atoms with Gasteiger partial charge < -0.3 is 15.2 Å². The van der Waals surface area contributed by atoms with Gasteiger partial charge in [-0.15, -0.1) is 10.2 Å². The van der Waals surface area contributed by atoms with Gasteiger partial charge in [-0.05, 0) is 48.5 Å². The van der Waals surface area contributed by atoms with E-state index in [0.29, 0.717) is 28.1 Å². The molecule has 1 amide bonds. The van der Waals surface area contributed by atoms with E-state index in [1.54, 1.807) is 25.4 Å². The largest absolute Gasteiger partial charge is 0.508 e. The van der Waals surface area contributed by atoms with E-state index in [2.05, 4.69) is 20.5 Å². The third-order valence-electron chi connectivity index (χ3n) is 4.32. The summed E-state index contributed by atoms with van der Waals surface area (Å²) in [4.78, 5) is 16.8. The normalized spacial score (nSPS) is 10.6. The Labute approximate surface area is 182 Å².